The van der Waals surface area contributed by atoms with Gasteiger partial charge in [0.15, 0.2) is 12.4 Å². The van der Waals surface area contributed by atoms with E-state index in [1.54, 1.807) is 23.9 Å². The third-order valence-electron chi connectivity index (χ3n) is 3.71. The first-order valence-corrected chi connectivity index (χ1v) is 8.51. The molecule has 24 heavy (non-hydrogen) atoms. The van der Waals surface area contributed by atoms with Crippen molar-refractivity contribution in [1.82, 2.24) is 5.32 Å². The molecule has 6 nitrogen and oxygen atoms in total. The highest BCUT2D eigenvalue weighted by Crippen LogP contribution is 2.35. The van der Waals surface area contributed by atoms with Gasteiger partial charge in [-0.3, -0.25) is 14.9 Å². The summed E-state index contributed by atoms with van der Waals surface area (Å²) in [5, 5.41) is 13.9. The van der Waals surface area contributed by atoms with Gasteiger partial charge >= 0.3 is 5.69 Å². The van der Waals surface area contributed by atoms with E-state index in [1.165, 1.54) is 17.0 Å². The Balaban J connectivity index is 1.62. The van der Waals surface area contributed by atoms with E-state index in [-0.39, 0.29) is 30.0 Å². The van der Waals surface area contributed by atoms with Crippen molar-refractivity contribution in [2.24, 2.45) is 0 Å². The molecule has 0 saturated heterocycles. The Labute approximate surface area is 143 Å². The van der Waals surface area contributed by atoms with Crippen molar-refractivity contribution in [2.45, 2.75) is 17.4 Å². The zero-order valence-corrected chi connectivity index (χ0v) is 13.6. The number of para-hydroxylation sites is 2. The van der Waals surface area contributed by atoms with Crippen molar-refractivity contribution in [1.29, 1.82) is 0 Å². The van der Waals surface area contributed by atoms with Gasteiger partial charge in [-0.1, -0.05) is 30.3 Å². The standard InChI is InChI=1S/C17H16N2O4S/c20-17(11-23-15-7-3-2-6-14(15)19(21)22)18-13-9-10-24-16-8-4-1-5-12(13)16/h1-8,13H,9-11H2,(H,18,20). The molecule has 0 spiro atoms. The predicted molar refractivity (Wildman–Crippen MR) is 91.3 cm³/mol. The van der Waals surface area contributed by atoms with E-state index in [0.717, 1.165) is 17.7 Å². The molecule has 0 aromatic heterocycles. The number of amides is 1. The molecule has 1 N–H and O–H groups in total. The first kappa shape index (κ1) is 16.3. The number of carbonyl (C=O) groups is 1. The van der Waals surface area contributed by atoms with Crippen LogP contribution in [0.15, 0.2) is 53.4 Å². The van der Waals surface area contributed by atoms with Crippen LogP contribution in [0.4, 0.5) is 5.69 Å². The lowest BCUT2D eigenvalue weighted by Crippen LogP contribution is -2.34. The highest BCUT2D eigenvalue weighted by Gasteiger charge is 2.22. The fourth-order valence-corrected chi connectivity index (χ4v) is 3.73. The van der Waals surface area contributed by atoms with E-state index < -0.39 is 4.92 Å². The molecule has 1 atom stereocenters. The second kappa shape index (κ2) is 7.35. The van der Waals surface area contributed by atoms with Gasteiger partial charge in [-0.25, -0.2) is 0 Å². The molecule has 0 fully saturated rings. The summed E-state index contributed by atoms with van der Waals surface area (Å²) in [6, 6.07) is 14.0. The Morgan fingerprint density at radius 2 is 2.00 bits per heavy atom. The predicted octanol–water partition coefficient (Wildman–Crippen LogP) is 3.33. The maximum atomic E-state index is 12.2. The number of nitro benzene ring substituents is 1. The number of hydrogen-bond donors (Lipinski definition) is 1. The molecule has 0 saturated carbocycles. The van der Waals surface area contributed by atoms with Crippen molar-refractivity contribution < 1.29 is 14.5 Å². The van der Waals surface area contributed by atoms with E-state index in [2.05, 4.69) is 5.32 Å². The Morgan fingerprint density at radius 1 is 1.25 bits per heavy atom. The van der Waals surface area contributed by atoms with Crippen molar-refractivity contribution in [2.75, 3.05) is 12.4 Å². The minimum atomic E-state index is -0.526. The summed E-state index contributed by atoms with van der Waals surface area (Å²) in [6.45, 7) is -0.253. The summed E-state index contributed by atoms with van der Waals surface area (Å²) in [7, 11) is 0. The number of nitrogens with zero attached hydrogens (tertiary/aromatic N) is 1. The van der Waals surface area contributed by atoms with Gasteiger partial charge in [0.2, 0.25) is 0 Å². The number of benzene rings is 2. The molecule has 0 bridgehead atoms. The van der Waals surface area contributed by atoms with E-state index in [1.807, 2.05) is 24.3 Å². The van der Waals surface area contributed by atoms with Crippen LogP contribution in [0.25, 0.3) is 0 Å². The number of hydrogen-bond acceptors (Lipinski definition) is 5. The third-order valence-corrected chi connectivity index (χ3v) is 4.84. The van der Waals surface area contributed by atoms with Crippen LogP contribution >= 0.6 is 11.8 Å². The highest BCUT2D eigenvalue weighted by atomic mass is 32.2. The monoisotopic (exact) mass is 344 g/mol. The second-order valence-electron chi connectivity index (χ2n) is 5.31. The number of rotatable bonds is 5. The van der Waals surface area contributed by atoms with Crippen LogP contribution in [0.3, 0.4) is 0 Å². The number of ether oxygens (including phenoxy) is 1. The quantitative estimate of drug-likeness (QED) is 0.664. The van der Waals surface area contributed by atoms with Gasteiger partial charge in [0, 0.05) is 16.7 Å². The lowest BCUT2D eigenvalue weighted by atomic mass is 10.0. The van der Waals surface area contributed by atoms with E-state index in [9.17, 15) is 14.9 Å². The lowest BCUT2D eigenvalue weighted by Gasteiger charge is -2.25. The van der Waals surface area contributed by atoms with Gasteiger partial charge in [-0.15, -0.1) is 11.8 Å². The molecule has 1 aliphatic rings. The van der Waals surface area contributed by atoms with Gasteiger partial charge in [-0.05, 0) is 24.1 Å². The number of fused-ring (bicyclic) bond motifs is 1. The first-order valence-electron chi connectivity index (χ1n) is 7.52. The van der Waals surface area contributed by atoms with E-state index in [4.69, 9.17) is 4.74 Å². The topological polar surface area (TPSA) is 81.5 Å². The molecule has 7 heteroatoms. The number of nitro groups is 1. The van der Waals surface area contributed by atoms with Crippen molar-refractivity contribution >= 4 is 23.4 Å². The minimum Gasteiger partial charge on any atom is -0.477 e. The number of carbonyl (C=O) groups excluding carboxylic acids is 1. The van der Waals surface area contributed by atoms with Crippen LogP contribution < -0.4 is 10.1 Å². The molecular formula is C17H16N2O4S. The molecule has 3 rings (SSSR count). The van der Waals surface area contributed by atoms with Crippen LogP contribution in [0, 0.1) is 10.1 Å². The summed E-state index contributed by atoms with van der Waals surface area (Å²) >= 11 is 1.78. The molecule has 1 amide bonds. The Kier molecular flexibility index (Phi) is 5.00. The Morgan fingerprint density at radius 3 is 2.83 bits per heavy atom. The molecule has 2 aromatic rings. The summed E-state index contributed by atoms with van der Waals surface area (Å²) in [6.07, 6.45) is 0.846. The average molecular weight is 344 g/mol. The van der Waals surface area contributed by atoms with E-state index in [0.29, 0.717) is 0 Å². The maximum Gasteiger partial charge on any atom is 0.310 e. The van der Waals surface area contributed by atoms with Crippen LogP contribution in [0.5, 0.6) is 5.75 Å². The van der Waals surface area contributed by atoms with Gasteiger partial charge < -0.3 is 10.1 Å². The van der Waals surface area contributed by atoms with Gasteiger partial charge in [0.1, 0.15) is 0 Å². The Bertz CT molecular complexity index is 766. The van der Waals surface area contributed by atoms with Crippen LogP contribution in [0.1, 0.15) is 18.0 Å². The zero-order chi connectivity index (χ0) is 16.9. The average Bonchev–Trinajstić information content (AvgIpc) is 2.60. The van der Waals surface area contributed by atoms with Crippen molar-refractivity contribution in [3.63, 3.8) is 0 Å². The van der Waals surface area contributed by atoms with Gasteiger partial charge in [-0.2, -0.15) is 0 Å². The van der Waals surface area contributed by atoms with Crippen LogP contribution in [-0.4, -0.2) is 23.2 Å². The van der Waals surface area contributed by atoms with Crippen LogP contribution in [0.2, 0.25) is 0 Å². The van der Waals surface area contributed by atoms with Crippen LogP contribution in [-0.2, 0) is 4.79 Å². The summed E-state index contributed by atoms with van der Waals surface area (Å²) in [5.41, 5.74) is 0.956. The summed E-state index contributed by atoms with van der Waals surface area (Å²) in [4.78, 5) is 23.8. The highest BCUT2D eigenvalue weighted by molar-refractivity contribution is 7.99. The number of thioether (sulfide) groups is 1. The second-order valence-corrected chi connectivity index (χ2v) is 6.45. The fourth-order valence-electron chi connectivity index (χ4n) is 2.60. The van der Waals surface area contributed by atoms with E-state index >= 15 is 0 Å². The normalized spacial score (nSPS) is 16.1. The molecule has 124 valence electrons. The minimum absolute atomic E-state index is 0.0516. The molecule has 0 radical (unpaired) electrons. The summed E-state index contributed by atoms with van der Waals surface area (Å²) in [5.74, 6) is 0.740. The molecular weight excluding hydrogens is 328 g/mol. The number of nitrogens with one attached hydrogen (secondary N) is 1. The molecule has 1 aliphatic heterocycles. The maximum absolute atomic E-state index is 12.2. The summed E-state index contributed by atoms with van der Waals surface area (Å²) < 4.78 is 5.33. The SMILES string of the molecule is O=C(COc1ccccc1[N+](=O)[O-])NC1CCSc2ccccc21. The van der Waals surface area contributed by atoms with Gasteiger partial charge in [0.05, 0.1) is 11.0 Å². The fraction of sp³-hybridized carbons (Fsp3) is 0.235. The first-order chi connectivity index (χ1) is 11.6. The van der Waals surface area contributed by atoms with Crippen molar-refractivity contribution in [3.8, 4) is 5.75 Å². The molecule has 1 heterocycles. The largest absolute Gasteiger partial charge is 0.477 e. The van der Waals surface area contributed by atoms with Crippen molar-refractivity contribution in [3.05, 3.63) is 64.2 Å². The van der Waals surface area contributed by atoms with Gasteiger partial charge in [0.25, 0.3) is 5.91 Å². The zero-order valence-electron chi connectivity index (χ0n) is 12.8. The smallest absolute Gasteiger partial charge is 0.310 e. The third kappa shape index (κ3) is 3.68. The molecule has 1 unspecified atom stereocenters. The molecule has 2 aromatic carbocycles. The lowest BCUT2D eigenvalue weighted by molar-refractivity contribution is -0.385. The molecule has 0 aliphatic carbocycles. The Hall–Kier alpha value is -2.54.